The third-order valence-corrected chi connectivity index (χ3v) is 7.15. The summed E-state index contributed by atoms with van der Waals surface area (Å²) in [4.78, 5) is 20.6. The maximum Gasteiger partial charge on any atom is 0.237 e. The zero-order valence-electron chi connectivity index (χ0n) is 15.9. The number of aromatic nitrogens is 2. The van der Waals surface area contributed by atoms with Crippen LogP contribution in [0, 0.1) is 5.82 Å². The fourth-order valence-electron chi connectivity index (χ4n) is 2.56. The summed E-state index contributed by atoms with van der Waals surface area (Å²) in [5, 5.41) is 2.33. The molecule has 1 aromatic heterocycles. The van der Waals surface area contributed by atoms with E-state index in [0.717, 1.165) is 18.0 Å². The number of carbonyl (C=O) groups is 1. The average Bonchev–Trinajstić information content (AvgIpc) is 2.74. The number of hydrogen-bond donors (Lipinski definition) is 2. The predicted octanol–water partition coefficient (Wildman–Crippen LogP) is 3.54. The molecule has 0 aliphatic rings. The third kappa shape index (κ3) is 4.95. The van der Waals surface area contributed by atoms with Crippen LogP contribution in [0.4, 0.5) is 15.9 Å². The molecule has 3 aromatic rings. The lowest BCUT2D eigenvalue weighted by Gasteiger charge is -2.14. The van der Waals surface area contributed by atoms with Crippen molar-refractivity contribution in [2.45, 2.75) is 33.5 Å². The number of thioether (sulfide) groups is 1. The fraction of sp³-hybridized carbons (Fsp3) is 0.150. The molecule has 0 saturated heterocycles. The van der Waals surface area contributed by atoms with Crippen LogP contribution in [0.3, 0.4) is 0 Å². The topological polar surface area (TPSA) is 115 Å². The molecule has 0 aliphatic carbocycles. The highest BCUT2D eigenvalue weighted by molar-refractivity contribution is 8.00. The summed E-state index contributed by atoms with van der Waals surface area (Å²) in [5.41, 5.74) is 6.36. The molecule has 2 aromatic carbocycles. The van der Waals surface area contributed by atoms with Crippen LogP contribution < -0.4 is 11.1 Å². The molecule has 156 valence electrons. The van der Waals surface area contributed by atoms with Gasteiger partial charge < -0.3 is 11.1 Å². The Hall–Kier alpha value is -2.98. The first-order chi connectivity index (χ1) is 14.3. The first-order valence-electron chi connectivity index (χ1n) is 8.97. The van der Waals surface area contributed by atoms with Crippen LogP contribution in [-0.2, 0) is 14.6 Å². The number of hydrogen-bond acceptors (Lipinski definition) is 7. The smallest absolute Gasteiger partial charge is 0.237 e. The molecular formula is C20H19FN4O3S2. The molecule has 0 spiro atoms. The van der Waals surface area contributed by atoms with E-state index in [1.54, 1.807) is 18.2 Å². The first-order valence-corrected chi connectivity index (χ1v) is 11.3. The Balaban J connectivity index is 1.77. The van der Waals surface area contributed by atoms with Gasteiger partial charge in [0.15, 0.2) is 5.16 Å². The number of benzene rings is 2. The molecule has 0 saturated carbocycles. The van der Waals surface area contributed by atoms with Crippen LogP contribution in [0.2, 0.25) is 0 Å². The summed E-state index contributed by atoms with van der Waals surface area (Å²) >= 11 is 1.07. The van der Waals surface area contributed by atoms with Crippen molar-refractivity contribution in [1.29, 1.82) is 0 Å². The van der Waals surface area contributed by atoms with Gasteiger partial charge in [-0.15, -0.1) is 0 Å². The molecule has 0 unspecified atom stereocenters. The van der Waals surface area contributed by atoms with Crippen molar-refractivity contribution in [1.82, 2.24) is 9.97 Å². The van der Waals surface area contributed by atoms with Crippen molar-refractivity contribution in [2.24, 2.45) is 0 Å². The van der Waals surface area contributed by atoms with E-state index < -0.39 is 20.9 Å². The Bertz CT molecular complexity index is 1140. The summed E-state index contributed by atoms with van der Waals surface area (Å²) < 4.78 is 38.5. The van der Waals surface area contributed by atoms with Gasteiger partial charge in [-0.05, 0) is 42.8 Å². The van der Waals surface area contributed by atoms with Crippen LogP contribution in [0.1, 0.15) is 13.3 Å². The maximum absolute atomic E-state index is 13.0. The highest BCUT2D eigenvalue weighted by Crippen LogP contribution is 2.28. The number of halogens is 1. The highest BCUT2D eigenvalue weighted by Gasteiger charge is 2.24. The summed E-state index contributed by atoms with van der Waals surface area (Å²) in [7, 11) is -3.85. The monoisotopic (exact) mass is 446 g/mol. The second-order valence-electron chi connectivity index (χ2n) is 6.23. The van der Waals surface area contributed by atoms with E-state index in [2.05, 4.69) is 15.3 Å². The Morgan fingerprint density at radius 1 is 1.17 bits per heavy atom. The number of nitrogen functional groups attached to an aromatic ring is 1. The molecule has 0 bridgehead atoms. The SMILES string of the molecule is CC[C@H](Sc1ncc(S(=O)(=O)c2ccccc2)c(N)n1)C(=O)Nc1ccc(F)cc1. The van der Waals surface area contributed by atoms with E-state index >= 15 is 0 Å². The second-order valence-corrected chi connectivity index (χ2v) is 9.32. The van der Waals surface area contributed by atoms with Crippen LogP contribution in [0.25, 0.3) is 0 Å². The molecule has 3 rings (SSSR count). The molecule has 30 heavy (non-hydrogen) atoms. The largest absolute Gasteiger partial charge is 0.382 e. The first kappa shape index (κ1) is 21.7. The normalized spacial score (nSPS) is 12.3. The van der Waals surface area contributed by atoms with Crippen molar-refractivity contribution in [3.05, 3.63) is 66.6 Å². The number of nitrogens with two attached hydrogens (primary N) is 1. The van der Waals surface area contributed by atoms with Gasteiger partial charge in [-0.2, -0.15) is 0 Å². The predicted molar refractivity (Wildman–Crippen MR) is 113 cm³/mol. The fourth-order valence-corrected chi connectivity index (χ4v) is 4.70. The van der Waals surface area contributed by atoms with Gasteiger partial charge in [0.2, 0.25) is 15.7 Å². The number of nitrogens with zero attached hydrogens (tertiary/aromatic N) is 2. The van der Waals surface area contributed by atoms with Crippen molar-refractivity contribution < 1.29 is 17.6 Å². The Kier molecular flexibility index (Phi) is 6.68. The summed E-state index contributed by atoms with van der Waals surface area (Å²) in [5.74, 6) is -0.897. The van der Waals surface area contributed by atoms with Gasteiger partial charge >= 0.3 is 0 Å². The minimum Gasteiger partial charge on any atom is -0.382 e. The second kappa shape index (κ2) is 9.23. The van der Waals surface area contributed by atoms with Gasteiger partial charge in [0, 0.05) is 5.69 Å². The van der Waals surface area contributed by atoms with Gasteiger partial charge in [0.05, 0.1) is 16.3 Å². The number of nitrogens with one attached hydrogen (secondary N) is 1. The standard InChI is InChI=1S/C20H19FN4O3S2/c1-2-16(19(26)24-14-10-8-13(21)9-11-14)29-20-23-12-17(18(22)25-20)30(27,28)15-6-4-3-5-7-15/h3-12,16H,2H2,1H3,(H,24,26)(H2,22,23,25)/t16-/m0/s1. The van der Waals surface area contributed by atoms with Crippen molar-refractivity contribution >= 4 is 39.0 Å². The summed E-state index contributed by atoms with van der Waals surface area (Å²) in [6.45, 7) is 1.82. The molecule has 1 heterocycles. The van der Waals surface area contributed by atoms with Crippen LogP contribution in [0.15, 0.2) is 75.7 Å². The summed E-state index contributed by atoms with van der Waals surface area (Å²) in [6, 6.07) is 13.3. The molecule has 3 N–H and O–H groups in total. The van der Waals surface area contributed by atoms with Crippen molar-refractivity contribution in [3.8, 4) is 0 Å². The van der Waals surface area contributed by atoms with Gasteiger partial charge in [-0.1, -0.05) is 36.9 Å². The van der Waals surface area contributed by atoms with E-state index in [-0.39, 0.29) is 26.7 Å². The summed E-state index contributed by atoms with van der Waals surface area (Å²) in [6.07, 6.45) is 1.61. The quantitative estimate of drug-likeness (QED) is 0.421. The minimum absolute atomic E-state index is 0.0887. The molecule has 1 amide bonds. The number of anilines is 2. The lowest BCUT2D eigenvalue weighted by atomic mass is 10.2. The Morgan fingerprint density at radius 3 is 2.43 bits per heavy atom. The van der Waals surface area contributed by atoms with Gasteiger partial charge in [0.1, 0.15) is 16.5 Å². The number of rotatable bonds is 7. The lowest BCUT2D eigenvalue weighted by molar-refractivity contribution is -0.115. The van der Waals surface area contributed by atoms with E-state index in [0.29, 0.717) is 12.1 Å². The van der Waals surface area contributed by atoms with Crippen molar-refractivity contribution in [2.75, 3.05) is 11.1 Å². The molecular weight excluding hydrogens is 427 g/mol. The van der Waals surface area contributed by atoms with Gasteiger partial charge in [-0.25, -0.2) is 22.8 Å². The molecule has 1 atom stereocenters. The Labute approximate surface area is 177 Å². The van der Waals surface area contributed by atoms with Crippen LogP contribution in [0.5, 0.6) is 0 Å². The molecule has 0 radical (unpaired) electrons. The minimum atomic E-state index is -3.85. The maximum atomic E-state index is 13.0. The number of carbonyl (C=O) groups excluding carboxylic acids is 1. The number of sulfone groups is 1. The van der Waals surface area contributed by atoms with Gasteiger partial charge in [-0.3, -0.25) is 4.79 Å². The number of amides is 1. The zero-order valence-corrected chi connectivity index (χ0v) is 17.6. The molecule has 0 fully saturated rings. The van der Waals surface area contributed by atoms with E-state index in [1.807, 2.05) is 6.92 Å². The molecule has 7 nitrogen and oxygen atoms in total. The van der Waals surface area contributed by atoms with E-state index in [1.165, 1.54) is 36.4 Å². The average molecular weight is 447 g/mol. The van der Waals surface area contributed by atoms with Crippen LogP contribution in [-0.4, -0.2) is 29.5 Å². The molecule has 0 aliphatic heterocycles. The Morgan fingerprint density at radius 2 is 1.83 bits per heavy atom. The highest BCUT2D eigenvalue weighted by atomic mass is 32.2. The van der Waals surface area contributed by atoms with E-state index in [4.69, 9.17) is 5.73 Å². The van der Waals surface area contributed by atoms with Crippen molar-refractivity contribution in [3.63, 3.8) is 0 Å². The lowest BCUT2D eigenvalue weighted by Crippen LogP contribution is -2.25. The zero-order chi connectivity index (χ0) is 21.7. The molecule has 10 heteroatoms. The van der Waals surface area contributed by atoms with Crippen LogP contribution >= 0.6 is 11.8 Å². The third-order valence-electron chi connectivity index (χ3n) is 4.13. The van der Waals surface area contributed by atoms with Gasteiger partial charge in [0.25, 0.3) is 0 Å². The van der Waals surface area contributed by atoms with E-state index in [9.17, 15) is 17.6 Å².